The third kappa shape index (κ3) is 2.55. The number of aromatic nitrogens is 4. The first kappa shape index (κ1) is 14.5. The molecule has 1 saturated heterocycles. The molecule has 118 valence electrons. The van der Waals surface area contributed by atoms with E-state index in [1.165, 1.54) is 19.3 Å². The second kappa shape index (κ2) is 5.81. The number of rotatable bonds is 2. The van der Waals surface area contributed by atoms with E-state index in [1.54, 1.807) is 4.68 Å². The lowest BCUT2D eigenvalue weighted by Gasteiger charge is -2.28. The van der Waals surface area contributed by atoms with E-state index < -0.39 is 0 Å². The highest BCUT2D eigenvalue weighted by Gasteiger charge is 2.19. The number of hydrogen-bond acceptors (Lipinski definition) is 4. The molecule has 1 aromatic carbocycles. The minimum Gasteiger partial charge on any atom is -0.356 e. The molecule has 0 bridgehead atoms. The highest BCUT2D eigenvalue weighted by atomic mass is 35.5. The third-order valence-corrected chi connectivity index (χ3v) is 4.58. The van der Waals surface area contributed by atoms with Gasteiger partial charge in [0.15, 0.2) is 5.65 Å². The maximum Gasteiger partial charge on any atom is 0.168 e. The zero-order valence-electron chi connectivity index (χ0n) is 13.0. The number of hydrogen-bond donors (Lipinski definition) is 0. The Kier molecular flexibility index (Phi) is 3.65. The quantitative estimate of drug-likeness (QED) is 0.719. The molecule has 0 atom stereocenters. The van der Waals surface area contributed by atoms with Crippen LogP contribution in [0.3, 0.4) is 0 Å². The number of piperidine rings is 1. The number of anilines is 1. The number of benzene rings is 1. The summed E-state index contributed by atoms with van der Waals surface area (Å²) in [7, 11) is 0. The largest absolute Gasteiger partial charge is 0.356 e. The van der Waals surface area contributed by atoms with Gasteiger partial charge in [0.05, 0.1) is 22.3 Å². The molecule has 6 heteroatoms. The topological polar surface area (TPSA) is 46.8 Å². The van der Waals surface area contributed by atoms with Crippen LogP contribution in [0.5, 0.6) is 0 Å². The van der Waals surface area contributed by atoms with Crippen molar-refractivity contribution >= 4 is 28.5 Å². The van der Waals surface area contributed by atoms with Crippen LogP contribution in [0.25, 0.3) is 16.7 Å². The second-order valence-electron chi connectivity index (χ2n) is 5.89. The van der Waals surface area contributed by atoms with Gasteiger partial charge in [0.1, 0.15) is 11.6 Å². The van der Waals surface area contributed by atoms with E-state index in [4.69, 9.17) is 11.6 Å². The van der Waals surface area contributed by atoms with Gasteiger partial charge in [-0.05, 0) is 38.3 Å². The molecule has 2 aromatic heterocycles. The molecular formula is C17H18ClN5. The van der Waals surface area contributed by atoms with Crippen molar-refractivity contribution in [1.82, 2.24) is 19.7 Å². The first-order valence-corrected chi connectivity index (χ1v) is 8.34. The minimum absolute atomic E-state index is 0.660. The Morgan fingerprint density at radius 2 is 1.83 bits per heavy atom. The molecule has 0 aliphatic carbocycles. The molecule has 4 rings (SSSR count). The van der Waals surface area contributed by atoms with Gasteiger partial charge in [-0.3, -0.25) is 0 Å². The maximum atomic E-state index is 6.33. The van der Waals surface area contributed by atoms with Crippen molar-refractivity contribution in [3.05, 3.63) is 41.3 Å². The van der Waals surface area contributed by atoms with Gasteiger partial charge in [-0.1, -0.05) is 23.7 Å². The van der Waals surface area contributed by atoms with Crippen LogP contribution < -0.4 is 4.90 Å². The average Bonchev–Trinajstić information content (AvgIpc) is 2.99. The summed E-state index contributed by atoms with van der Waals surface area (Å²) < 4.78 is 1.81. The predicted molar refractivity (Wildman–Crippen MR) is 92.5 cm³/mol. The molecule has 0 spiro atoms. The van der Waals surface area contributed by atoms with Crippen LogP contribution in [0.15, 0.2) is 30.5 Å². The third-order valence-electron chi connectivity index (χ3n) is 4.26. The summed E-state index contributed by atoms with van der Waals surface area (Å²) in [5, 5.41) is 6.17. The molecule has 3 aromatic rings. The number of halogens is 1. The van der Waals surface area contributed by atoms with E-state index in [2.05, 4.69) is 20.0 Å². The van der Waals surface area contributed by atoms with Crippen molar-refractivity contribution in [2.75, 3.05) is 18.0 Å². The van der Waals surface area contributed by atoms with Crippen molar-refractivity contribution in [3.63, 3.8) is 0 Å². The Hall–Kier alpha value is -2.14. The van der Waals surface area contributed by atoms with Crippen molar-refractivity contribution in [1.29, 1.82) is 0 Å². The molecule has 1 aliphatic heterocycles. The summed E-state index contributed by atoms with van der Waals surface area (Å²) >= 11 is 6.33. The summed E-state index contributed by atoms with van der Waals surface area (Å²) in [6.07, 6.45) is 5.57. The fourth-order valence-corrected chi connectivity index (χ4v) is 3.36. The van der Waals surface area contributed by atoms with Gasteiger partial charge < -0.3 is 4.90 Å². The Bertz CT molecular complexity index is 851. The summed E-state index contributed by atoms with van der Waals surface area (Å²) in [6, 6.07) is 7.68. The predicted octanol–water partition coefficient (Wildman–Crippen LogP) is 3.77. The van der Waals surface area contributed by atoms with E-state index in [-0.39, 0.29) is 0 Å². The molecular weight excluding hydrogens is 310 g/mol. The van der Waals surface area contributed by atoms with Gasteiger partial charge in [0, 0.05) is 13.1 Å². The number of nitrogens with zero attached hydrogens (tertiary/aromatic N) is 5. The molecule has 1 fully saturated rings. The molecule has 3 heterocycles. The molecule has 0 saturated carbocycles. The first-order chi connectivity index (χ1) is 11.2. The van der Waals surface area contributed by atoms with E-state index in [9.17, 15) is 0 Å². The monoisotopic (exact) mass is 327 g/mol. The normalized spacial score (nSPS) is 15.3. The highest BCUT2D eigenvalue weighted by Crippen LogP contribution is 2.29. The second-order valence-corrected chi connectivity index (χ2v) is 6.29. The standard InChI is InChI=1S/C17H18ClN5/c1-12-20-16(22-9-5-2-6-10-22)13-11-19-23(17(13)21-12)15-8-4-3-7-14(15)18/h3-4,7-8,11H,2,5-6,9-10H2,1H3. The van der Waals surface area contributed by atoms with Crippen LogP contribution in [0.1, 0.15) is 25.1 Å². The molecule has 5 nitrogen and oxygen atoms in total. The first-order valence-electron chi connectivity index (χ1n) is 7.96. The zero-order valence-corrected chi connectivity index (χ0v) is 13.8. The van der Waals surface area contributed by atoms with Crippen LogP contribution in [0.2, 0.25) is 5.02 Å². The number of aryl methyl sites for hydroxylation is 1. The Morgan fingerprint density at radius 3 is 2.61 bits per heavy atom. The van der Waals surface area contributed by atoms with Crippen LogP contribution >= 0.6 is 11.6 Å². The van der Waals surface area contributed by atoms with Crippen molar-refractivity contribution in [2.24, 2.45) is 0 Å². The summed E-state index contributed by atoms with van der Waals surface area (Å²) in [6.45, 7) is 4.02. The Balaban J connectivity index is 1.89. The van der Waals surface area contributed by atoms with Gasteiger partial charge in [-0.2, -0.15) is 5.10 Å². The van der Waals surface area contributed by atoms with Crippen molar-refractivity contribution < 1.29 is 0 Å². The van der Waals surface area contributed by atoms with E-state index in [1.807, 2.05) is 37.4 Å². The maximum absolute atomic E-state index is 6.33. The lowest BCUT2D eigenvalue weighted by atomic mass is 10.1. The van der Waals surface area contributed by atoms with E-state index >= 15 is 0 Å². The van der Waals surface area contributed by atoms with E-state index in [0.29, 0.717) is 5.02 Å². The molecule has 0 amide bonds. The van der Waals surface area contributed by atoms with Crippen LogP contribution in [-0.4, -0.2) is 32.8 Å². The molecule has 23 heavy (non-hydrogen) atoms. The lowest BCUT2D eigenvalue weighted by Crippen LogP contribution is -2.30. The lowest BCUT2D eigenvalue weighted by molar-refractivity contribution is 0.574. The SMILES string of the molecule is Cc1nc(N2CCCCC2)c2cnn(-c3ccccc3Cl)c2n1. The van der Waals surface area contributed by atoms with Gasteiger partial charge >= 0.3 is 0 Å². The van der Waals surface area contributed by atoms with Gasteiger partial charge in [-0.15, -0.1) is 0 Å². The molecule has 0 unspecified atom stereocenters. The highest BCUT2D eigenvalue weighted by molar-refractivity contribution is 6.32. The van der Waals surface area contributed by atoms with Gasteiger partial charge in [0.25, 0.3) is 0 Å². The molecule has 1 aliphatic rings. The fourth-order valence-electron chi connectivity index (χ4n) is 3.15. The molecule has 0 N–H and O–H groups in total. The number of para-hydroxylation sites is 1. The average molecular weight is 328 g/mol. The van der Waals surface area contributed by atoms with Crippen LogP contribution in [-0.2, 0) is 0 Å². The van der Waals surface area contributed by atoms with Crippen molar-refractivity contribution in [2.45, 2.75) is 26.2 Å². The van der Waals surface area contributed by atoms with Crippen molar-refractivity contribution in [3.8, 4) is 5.69 Å². The summed E-state index contributed by atoms with van der Waals surface area (Å²) in [5.41, 5.74) is 1.65. The molecule has 0 radical (unpaired) electrons. The van der Waals surface area contributed by atoms with Crippen LogP contribution in [0, 0.1) is 6.92 Å². The fraction of sp³-hybridized carbons (Fsp3) is 0.353. The zero-order chi connectivity index (χ0) is 15.8. The van der Waals surface area contributed by atoms with Gasteiger partial charge in [0.2, 0.25) is 0 Å². The van der Waals surface area contributed by atoms with Crippen LogP contribution in [0.4, 0.5) is 5.82 Å². The summed E-state index contributed by atoms with van der Waals surface area (Å²) in [4.78, 5) is 11.6. The smallest absolute Gasteiger partial charge is 0.168 e. The minimum atomic E-state index is 0.660. The summed E-state index contributed by atoms with van der Waals surface area (Å²) in [5.74, 6) is 1.75. The number of fused-ring (bicyclic) bond motifs is 1. The van der Waals surface area contributed by atoms with Gasteiger partial charge in [-0.25, -0.2) is 14.6 Å². The Labute approximate surface area is 139 Å². The Morgan fingerprint density at radius 1 is 1.04 bits per heavy atom. The van der Waals surface area contributed by atoms with E-state index in [0.717, 1.165) is 41.5 Å².